The Morgan fingerprint density at radius 3 is 2.53 bits per heavy atom. The highest BCUT2D eigenvalue weighted by Crippen LogP contribution is 2.32. The zero-order valence-corrected chi connectivity index (χ0v) is 9.71. The summed E-state index contributed by atoms with van der Waals surface area (Å²) < 4.78 is 0. The van der Waals surface area contributed by atoms with Crippen LogP contribution in [0.5, 0.6) is 0 Å². The molecular weight excluding hydrogens is 194 g/mol. The predicted molar refractivity (Wildman–Crippen MR) is 58.3 cm³/mol. The molecule has 0 spiro atoms. The fourth-order valence-electron chi connectivity index (χ4n) is 1.55. The lowest BCUT2D eigenvalue weighted by Crippen LogP contribution is -2.51. The van der Waals surface area contributed by atoms with Crippen LogP contribution in [0.25, 0.3) is 0 Å². The molecule has 0 heterocycles. The summed E-state index contributed by atoms with van der Waals surface area (Å²) in [7, 11) is 3.75. The SMILES string of the molecule is CN(C)CC(C)(O)CNC(=O)C1(N)CC1. The van der Waals surface area contributed by atoms with Crippen molar-refractivity contribution in [2.75, 3.05) is 27.2 Å². The molecule has 1 aliphatic carbocycles. The number of nitrogens with one attached hydrogen (secondary N) is 1. The van der Waals surface area contributed by atoms with Crippen LogP contribution in [-0.4, -0.2) is 54.2 Å². The number of likely N-dealkylation sites (N-methyl/N-ethyl adjacent to an activating group) is 1. The average Bonchev–Trinajstić information content (AvgIpc) is 2.78. The fraction of sp³-hybridized carbons (Fsp3) is 0.900. The number of hydrogen-bond donors (Lipinski definition) is 3. The minimum absolute atomic E-state index is 0.151. The first-order valence-corrected chi connectivity index (χ1v) is 5.19. The standard InChI is InChI=1S/C10H21N3O2/c1-9(15,7-13(2)3)6-12-8(14)10(11)4-5-10/h15H,4-7,11H2,1-3H3,(H,12,14). The zero-order chi connectivity index (χ0) is 11.7. The smallest absolute Gasteiger partial charge is 0.240 e. The minimum Gasteiger partial charge on any atom is -0.387 e. The number of carbonyl (C=O) groups is 1. The molecule has 5 heteroatoms. The van der Waals surface area contributed by atoms with Crippen molar-refractivity contribution in [2.45, 2.75) is 30.9 Å². The molecule has 1 amide bonds. The monoisotopic (exact) mass is 215 g/mol. The van der Waals surface area contributed by atoms with E-state index in [1.54, 1.807) is 6.92 Å². The molecule has 15 heavy (non-hydrogen) atoms. The van der Waals surface area contributed by atoms with E-state index in [1.165, 1.54) is 0 Å². The van der Waals surface area contributed by atoms with Crippen molar-refractivity contribution in [3.05, 3.63) is 0 Å². The maximum Gasteiger partial charge on any atom is 0.240 e. The van der Waals surface area contributed by atoms with Crippen molar-refractivity contribution >= 4 is 5.91 Å². The molecule has 0 aromatic rings. The van der Waals surface area contributed by atoms with Crippen LogP contribution in [0.3, 0.4) is 0 Å². The molecule has 0 aromatic heterocycles. The van der Waals surface area contributed by atoms with Gasteiger partial charge in [-0.1, -0.05) is 0 Å². The van der Waals surface area contributed by atoms with Gasteiger partial charge in [0.25, 0.3) is 0 Å². The van der Waals surface area contributed by atoms with Crippen LogP contribution >= 0.6 is 0 Å². The summed E-state index contributed by atoms with van der Waals surface area (Å²) in [6.45, 7) is 2.44. The van der Waals surface area contributed by atoms with Crippen molar-refractivity contribution in [3.63, 3.8) is 0 Å². The maximum atomic E-state index is 11.5. The van der Waals surface area contributed by atoms with E-state index >= 15 is 0 Å². The molecule has 0 bridgehead atoms. The van der Waals surface area contributed by atoms with Gasteiger partial charge in [0.15, 0.2) is 0 Å². The van der Waals surface area contributed by atoms with Crippen LogP contribution in [0.4, 0.5) is 0 Å². The largest absolute Gasteiger partial charge is 0.387 e. The third-order valence-electron chi connectivity index (χ3n) is 2.53. The van der Waals surface area contributed by atoms with Crippen molar-refractivity contribution < 1.29 is 9.90 Å². The van der Waals surface area contributed by atoms with Crippen LogP contribution in [0, 0.1) is 0 Å². The molecule has 0 radical (unpaired) electrons. The Balaban J connectivity index is 2.32. The Labute approximate surface area is 90.6 Å². The second-order valence-corrected chi connectivity index (χ2v) is 5.07. The molecule has 1 saturated carbocycles. The van der Waals surface area contributed by atoms with E-state index < -0.39 is 11.1 Å². The first-order valence-electron chi connectivity index (χ1n) is 5.19. The van der Waals surface area contributed by atoms with Crippen LogP contribution in [0.2, 0.25) is 0 Å². The van der Waals surface area contributed by atoms with Crippen molar-refractivity contribution in [1.82, 2.24) is 10.2 Å². The van der Waals surface area contributed by atoms with Crippen LogP contribution in [0.15, 0.2) is 0 Å². The van der Waals surface area contributed by atoms with E-state index in [4.69, 9.17) is 5.73 Å². The van der Waals surface area contributed by atoms with Gasteiger partial charge in [-0.2, -0.15) is 0 Å². The van der Waals surface area contributed by atoms with Gasteiger partial charge in [-0.05, 0) is 33.9 Å². The quantitative estimate of drug-likeness (QED) is 0.544. The summed E-state index contributed by atoms with van der Waals surface area (Å²) in [5, 5.41) is 12.6. The number of carbonyl (C=O) groups excluding carboxylic acids is 1. The van der Waals surface area contributed by atoms with E-state index in [1.807, 2.05) is 19.0 Å². The molecule has 1 aliphatic rings. The van der Waals surface area contributed by atoms with Gasteiger partial charge in [0, 0.05) is 13.1 Å². The molecule has 1 rings (SSSR count). The first kappa shape index (κ1) is 12.4. The Bertz CT molecular complexity index is 247. The average molecular weight is 215 g/mol. The van der Waals surface area contributed by atoms with Gasteiger partial charge in [-0.25, -0.2) is 0 Å². The number of amides is 1. The predicted octanol–water partition coefficient (Wildman–Crippen LogP) is -1.09. The van der Waals surface area contributed by atoms with Crippen molar-refractivity contribution in [2.24, 2.45) is 5.73 Å². The molecule has 1 atom stereocenters. The highest BCUT2D eigenvalue weighted by atomic mass is 16.3. The molecule has 0 saturated heterocycles. The molecule has 4 N–H and O–H groups in total. The molecule has 5 nitrogen and oxygen atoms in total. The summed E-state index contributed by atoms with van der Waals surface area (Å²) in [5.41, 5.74) is 4.15. The van der Waals surface area contributed by atoms with Crippen LogP contribution in [0.1, 0.15) is 19.8 Å². The number of aliphatic hydroxyl groups is 1. The summed E-state index contributed by atoms with van der Waals surface area (Å²) in [6.07, 6.45) is 1.49. The minimum atomic E-state index is -0.912. The van der Waals surface area contributed by atoms with E-state index in [0.717, 1.165) is 12.8 Å². The third-order valence-corrected chi connectivity index (χ3v) is 2.53. The summed E-state index contributed by atoms with van der Waals surface area (Å²) in [5.74, 6) is -0.151. The van der Waals surface area contributed by atoms with Crippen molar-refractivity contribution in [1.29, 1.82) is 0 Å². The van der Waals surface area contributed by atoms with Gasteiger partial charge in [0.05, 0.1) is 11.1 Å². The molecule has 88 valence electrons. The highest BCUT2D eigenvalue weighted by Gasteiger charge is 2.46. The van der Waals surface area contributed by atoms with Gasteiger partial charge in [-0.15, -0.1) is 0 Å². The normalized spacial score (nSPS) is 22.3. The van der Waals surface area contributed by atoms with E-state index in [-0.39, 0.29) is 12.5 Å². The van der Waals surface area contributed by atoms with Crippen LogP contribution < -0.4 is 11.1 Å². The van der Waals surface area contributed by atoms with Gasteiger partial charge in [0.1, 0.15) is 0 Å². The first-order chi connectivity index (χ1) is 6.75. The Hall–Kier alpha value is -0.650. The number of nitrogens with zero attached hydrogens (tertiary/aromatic N) is 1. The lowest BCUT2D eigenvalue weighted by Gasteiger charge is -2.27. The topological polar surface area (TPSA) is 78.6 Å². The summed E-state index contributed by atoms with van der Waals surface area (Å²) >= 11 is 0. The lowest BCUT2D eigenvalue weighted by atomic mass is 10.1. The number of nitrogens with two attached hydrogens (primary N) is 1. The van der Waals surface area contributed by atoms with Crippen LogP contribution in [-0.2, 0) is 4.79 Å². The third kappa shape index (κ3) is 3.77. The van der Waals surface area contributed by atoms with Crippen molar-refractivity contribution in [3.8, 4) is 0 Å². The Morgan fingerprint density at radius 1 is 1.60 bits per heavy atom. The van der Waals surface area contributed by atoms with E-state index in [2.05, 4.69) is 5.32 Å². The molecule has 0 aromatic carbocycles. The zero-order valence-electron chi connectivity index (χ0n) is 9.71. The number of hydrogen-bond acceptors (Lipinski definition) is 4. The van der Waals surface area contributed by atoms with Gasteiger partial charge >= 0.3 is 0 Å². The molecular formula is C10H21N3O2. The second kappa shape index (κ2) is 4.08. The Morgan fingerprint density at radius 2 is 2.13 bits per heavy atom. The molecule has 0 aliphatic heterocycles. The van der Waals surface area contributed by atoms with E-state index in [0.29, 0.717) is 6.54 Å². The van der Waals surface area contributed by atoms with E-state index in [9.17, 15) is 9.90 Å². The fourth-order valence-corrected chi connectivity index (χ4v) is 1.55. The summed E-state index contributed by atoms with van der Waals surface area (Å²) in [6, 6.07) is 0. The molecule has 1 unspecified atom stereocenters. The number of rotatable bonds is 5. The maximum absolute atomic E-state index is 11.5. The Kier molecular flexibility index (Phi) is 3.38. The van der Waals surface area contributed by atoms with Gasteiger partial charge < -0.3 is 21.1 Å². The highest BCUT2D eigenvalue weighted by molar-refractivity contribution is 5.88. The van der Waals surface area contributed by atoms with Gasteiger partial charge in [-0.3, -0.25) is 4.79 Å². The van der Waals surface area contributed by atoms with Gasteiger partial charge in [0.2, 0.25) is 5.91 Å². The second-order valence-electron chi connectivity index (χ2n) is 5.07. The lowest BCUT2D eigenvalue weighted by molar-refractivity contribution is -0.124. The summed E-state index contributed by atoms with van der Waals surface area (Å²) in [4.78, 5) is 13.4. The molecule has 1 fully saturated rings.